The third-order valence-corrected chi connectivity index (χ3v) is 4.92. The quantitative estimate of drug-likeness (QED) is 0.704. The zero-order chi connectivity index (χ0) is 22.5. The van der Waals surface area contributed by atoms with Crippen LogP contribution in [0.4, 0.5) is 4.39 Å². The Kier molecular flexibility index (Phi) is 7.84. The first kappa shape index (κ1) is 23.7. The van der Waals surface area contributed by atoms with Gasteiger partial charge in [-0.05, 0) is 57.5 Å². The highest BCUT2D eigenvalue weighted by Gasteiger charge is 2.29. The van der Waals surface area contributed by atoms with E-state index in [0.717, 1.165) is 5.56 Å². The average molecular weight is 435 g/mol. The standard InChI is InChI=1S/C23H28ClFN2O3/c1-15(22(29)26-23(2,3)4)27(14-16-9-11-17(30-5)12-10-16)21(28)13-18-19(24)7-6-8-20(18)25/h6-12,15H,13-14H2,1-5H3,(H,26,29)/t15-/m0/s1. The number of carbonyl (C=O) groups excluding carboxylic acids is 2. The van der Waals surface area contributed by atoms with Crippen molar-refractivity contribution in [1.29, 1.82) is 0 Å². The van der Waals surface area contributed by atoms with E-state index in [2.05, 4.69) is 5.32 Å². The molecule has 2 rings (SSSR count). The number of methoxy groups -OCH3 is 1. The second kappa shape index (κ2) is 9.94. The second-order valence-electron chi connectivity index (χ2n) is 8.16. The molecule has 0 aliphatic carbocycles. The largest absolute Gasteiger partial charge is 0.497 e. The van der Waals surface area contributed by atoms with Gasteiger partial charge in [-0.1, -0.05) is 29.8 Å². The predicted molar refractivity (Wildman–Crippen MR) is 116 cm³/mol. The van der Waals surface area contributed by atoms with Gasteiger partial charge in [-0.15, -0.1) is 0 Å². The normalized spacial score (nSPS) is 12.2. The van der Waals surface area contributed by atoms with Crippen molar-refractivity contribution in [2.24, 2.45) is 0 Å². The molecule has 0 spiro atoms. The zero-order valence-corrected chi connectivity index (χ0v) is 18.7. The molecule has 0 fully saturated rings. The van der Waals surface area contributed by atoms with Crippen LogP contribution < -0.4 is 10.1 Å². The van der Waals surface area contributed by atoms with Crippen molar-refractivity contribution in [2.45, 2.75) is 52.2 Å². The minimum Gasteiger partial charge on any atom is -0.497 e. The Hall–Kier alpha value is -2.60. The Labute approximate surface area is 182 Å². The van der Waals surface area contributed by atoms with Crippen LogP contribution in [0.5, 0.6) is 5.75 Å². The van der Waals surface area contributed by atoms with E-state index in [1.807, 2.05) is 32.9 Å². The molecule has 0 heterocycles. The molecule has 0 saturated carbocycles. The lowest BCUT2D eigenvalue weighted by molar-refractivity contribution is -0.140. The van der Waals surface area contributed by atoms with E-state index in [4.69, 9.17) is 16.3 Å². The molecule has 5 nitrogen and oxygen atoms in total. The van der Waals surface area contributed by atoms with Crippen molar-refractivity contribution < 1.29 is 18.7 Å². The molecule has 30 heavy (non-hydrogen) atoms. The molecular weight excluding hydrogens is 407 g/mol. The average Bonchev–Trinajstić information content (AvgIpc) is 2.67. The van der Waals surface area contributed by atoms with Gasteiger partial charge in [0.05, 0.1) is 13.5 Å². The van der Waals surface area contributed by atoms with Gasteiger partial charge in [-0.3, -0.25) is 9.59 Å². The summed E-state index contributed by atoms with van der Waals surface area (Å²) in [5, 5.41) is 3.07. The summed E-state index contributed by atoms with van der Waals surface area (Å²) < 4.78 is 19.4. The van der Waals surface area contributed by atoms with Crippen LogP contribution in [-0.4, -0.2) is 35.4 Å². The maximum absolute atomic E-state index is 14.2. The monoisotopic (exact) mass is 434 g/mol. The van der Waals surface area contributed by atoms with Gasteiger partial charge in [0.1, 0.15) is 17.6 Å². The van der Waals surface area contributed by atoms with Crippen LogP contribution in [0.2, 0.25) is 5.02 Å². The number of amides is 2. The summed E-state index contributed by atoms with van der Waals surface area (Å²) >= 11 is 6.10. The summed E-state index contributed by atoms with van der Waals surface area (Å²) in [5.74, 6) is -0.543. The SMILES string of the molecule is COc1ccc(CN(C(=O)Cc2c(F)cccc2Cl)[C@@H](C)C(=O)NC(C)(C)C)cc1. The van der Waals surface area contributed by atoms with E-state index >= 15 is 0 Å². The number of nitrogens with zero attached hydrogens (tertiary/aromatic N) is 1. The fourth-order valence-corrected chi connectivity index (χ4v) is 3.17. The predicted octanol–water partition coefficient (Wildman–Crippen LogP) is 4.36. The molecule has 0 saturated heterocycles. The summed E-state index contributed by atoms with van der Waals surface area (Å²) in [6.45, 7) is 7.45. The van der Waals surface area contributed by atoms with E-state index in [-0.39, 0.29) is 29.5 Å². The molecule has 1 N–H and O–H groups in total. The summed E-state index contributed by atoms with van der Waals surface area (Å²) in [4.78, 5) is 27.3. The molecule has 162 valence electrons. The van der Waals surface area contributed by atoms with E-state index in [9.17, 15) is 14.0 Å². The van der Waals surface area contributed by atoms with Crippen molar-refractivity contribution >= 4 is 23.4 Å². The summed E-state index contributed by atoms with van der Waals surface area (Å²) in [5.41, 5.74) is 0.487. The minimum atomic E-state index is -0.760. The van der Waals surface area contributed by atoms with Gasteiger partial charge in [-0.25, -0.2) is 4.39 Å². The summed E-state index contributed by atoms with van der Waals surface area (Å²) in [6, 6.07) is 10.7. The van der Waals surface area contributed by atoms with Gasteiger partial charge in [0, 0.05) is 22.7 Å². The van der Waals surface area contributed by atoms with Crippen molar-refractivity contribution in [3.05, 3.63) is 64.4 Å². The molecule has 1 atom stereocenters. The number of nitrogens with one attached hydrogen (secondary N) is 1. The number of halogens is 2. The first-order valence-electron chi connectivity index (χ1n) is 9.69. The molecular formula is C23H28ClFN2O3. The number of hydrogen-bond donors (Lipinski definition) is 1. The Morgan fingerprint density at radius 1 is 1.17 bits per heavy atom. The van der Waals surface area contributed by atoms with Crippen molar-refractivity contribution in [3.8, 4) is 5.75 Å². The van der Waals surface area contributed by atoms with Gasteiger partial charge in [0.25, 0.3) is 0 Å². The molecule has 0 radical (unpaired) electrons. The van der Waals surface area contributed by atoms with Crippen molar-refractivity contribution in [1.82, 2.24) is 10.2 Å². The van der Waals surface area contributed by atoms with Crippen LogP contribution in [0.1, 0.15) is 38.8 Å². The topological polar surface area (TPSA) is 58.6 Å². The van der Waals surface area contributed by atoms with E-state index < -0.39 is 23.3 Å². The van der Waals surface area contributed by atoms with Gasteiger partial charge in [0.15, 0.2) is 0 Å². The molecule has 2 aromatic rings. The first-order chi connectivity index (χ1) is 14.0. The fourth-order valence-electron chi connectivity index (χ4n) is 2.94. The van der Waals surface area contributed by atoms with Crippen LogP contribution in [-0.2, 0) is 22.6 Å². The molecule has 0 aliphatic rings. The maximum Gasteiger partial charge on any atom is 0.242 e. The van der Waals surface area contributed by atoms with Crippen molar-refractivity contribution in [3.63, 3.8) is 0 Å². The number of rotatable bonds is 7. The van der Waals surface area contributed by atoms with Crippen LogP contribution in [0, 0.1) is 5.82 Å². The highest BCUT2D eigenvalue weighted by atomic mass is 35.5. The zero-order valence-electron chi connectivity index (χ0n) is 18.0. The molecule has 0 unspecified atom stereocenters. The van der Waals surface area contributed by atoms with Crippen molar-refractivity contribution in [2.75, 3.05) is 7.11 Å². The first-order valence-corrected chi connectivity index (χ1v) is 10.1. The lowest BCUT2D eigenvalue weighted by atomic mass is 10.1. The Morgan fingerprint density at radius 3 is 2.33 bits per heavy atom. The third-order valence-electron chi connectivity index (χ3n) is 4.57. The van der Waals surface area contributed by atoms with Crippen LogP contribution in [0.3, 0.4) is 0 Å². The molecule has 0 aliphatic heterocycles. The van der Waals surface area contributed by atoms with Gasteiger partial charge < -0.3 is 15.0 Å². The number of carbonyl (C=O) groups is 2. The highest BCUT2D eigenvalue weighted by Crippen LogP contribution is 2.22. The number of ether oxygens (including phenoxy) is 1. The molecule has 7 heteroatoms. The van der Waals surface area contributed by atoms with Gasteiger partial charge in [0.2, 0.25) is 11.8 Å². The van der Waals surface area contributed by atoms with Gasteiger partial charge >= 0.3 is 0 Å². The molecule has 0 aromatic heterocycles. The minimum absolute atomic E-state index is 0.118. The smallest absolute Gasteiger partial charge is 0.242 e. The Morgan fingerprint density at radius 2 is 1.80 bits per heavy atom. The molecule has 2 amide bonds. The summed E-state index contributed by atoms with van der Waals surface area (Å²) in [7, 11) is 1.57. The lowest BCUT2D eigenvalue weighted by Gasteiger charge is -2.31. The van der Waals surface area contributed by atoms with Gasteiger partial charge in [-0.2, -0.15) is 0 Å². The van der Waals surface area contributed by atoms with E-state index in [1.165, 1.54) is 23.1 Å². The van der Waals surface area contributed by atoms with E-state index in [1.54, 1.807) is 26.2 Å². The number of benzene rings is 2. The van der Waals surface area contributed by atoms with Crippen LogP contribution in [0.15, 0.2) is 42.5 Å². The maximum atomic E-state index is 14.2. The fraction of sp³-hybridized carbons (Fsp3) is 0.391. The Balaban J connectivity index is 2.31. The van der Waals surface area contributed by atoms with Crippen LogP contribution in [0.25, 0.3) is 0 Å². The lowest BCUT2D eigenvalue weighted by Crippen LogP contribution is -2.52. The summed E-state index contributed by atoms with van der Waals surface area (Å²) in [6.07, 6.45) is -0.241. The van der Waals surface area contributed by atoms with Crippen LogP contribution >= 0.6 is 11.6 Å². The Bertz CT molecular complexity index is 874. The molecule has 0 bridgehead atoms. The molecule has 2 aromatic carbocycles. The third kappa shape index (κ3) is 6.46. The second-order valence-corrected chi connectivity index (χ2v) is 8.57. The highest BCUT2D eigenvalue weighted by molar-refractivity contribution is 6.31. The number of hydrogen-bond acceptors (Lipinski definition) is 3. The van der Waals surface area contributed by atoms with E-state index in [0.29, 0.717) is 5.75 Å².